The van der Waals surface area contributed by atoms with Crippen molar-refractivity contribution < 1.29 is 44.2 Å². The summed E-state index contributed by atoms with van der Waals surface area (Å²) in [5, 5.41) is 12.1. The van der Waals surface area contributed by atoms with E-state index in [1.807, 2.05) is 24.3 Å². The number of nitrogens with zero attached hydrogens (tertiary/aromatic N) is 1. The summed E-state index contributed by atoms with van der Waals surface area (Å²) in [6.07, 6.45) is 1.73. The molecule has 0 amide bonds. The quantitative estimate of drug-likeness (QED) is 0.670. The maximum absolute atomic E-state index is 11.5. The largest absolute Gasteiger partial charge is 1.00 e. The van der Waals surface area contributed by atoms with E-state index in [4.69, 9.17) is 16.3 Å². The zero-order valence-electron chi connectivity index (χ0n) is 17.0. The molecule has 0 saturated heterocycles. The minimum absolute atomic E-state index is 0. The van der Waals surface area contributed by atoms with Gasteiger partial charge in [-0.1, -0.05) is 37.6 Å². The molecule has 0 aliphatic carbocycles. The van der Waals surface area contributed by atoms with E-state index in [0.717, 1.165) is 42.0 Å². The van der Waals surface area contributed by atoms with E-state index in [-0.39, 0.29) is 41.2 Å². The molecule has 1 heterocycles. The molecule has 0 radical (unpaired) electrons. The fraction of sp³-hybridized carbons (Fsp3) is 0.409. The van der Waals surface area contributed by atoms with Crippen LogP contribution in [0.2, 0.25) is 5.02 Å². The number of fused-ring (bicyclic) bond motifs is 1. The van der Waals surface area contributed by atoms with Crippen LogP contribution in [0.1, 0.15) is 48.7 Å². The molecule has 1 atom stereocenters. The molecule has 2 aromatic rings. The van der Waals surface area contributed by atoms with Gasteiger partial charge in [-0.05, 0) is 55.5 Å². The molecule has 4 nitrogen and oxygen atoms in total. The molecule has 3 rings (SSSR count). The molecule has 6 heteroatoms. The van der Waals surface area contributed by atoms with Gasteiger partial charge in [0.1, 0.15) is 5.75 Å². The first-order chi connectivity index (χ1) is 12.9. The van der Waals surface area contributed by atoms with E-state index in [0.29, 0.717) is 17.5 Å². The van der Waals surface area contributed by atoms with Crippen LogP contribution in [-0.4, -0.2) is 18.6 Å². The van der Waals surface area contributed by atoms with Gasteiger partial charge in [-0.25, -0.2) is 0 Å². The van der Waals surface area contributed by atoms with Gasteiger partial charge in [0.2, 0.25) is 0 Å². The van der Waals surface area contributed by atoms with E-state index in [2.05, 4.69) is 25.7 Å². The first kappa shape index (κ1) is 23.1. The average Bonchev–Trinajstić information content (AvgIpc) is 2.63. The zero-order valence-corrected chi connectivity index (χ0v) is 19.8. The molecule has 0 bridgehead atoms. The standard InChI is InChI=1S/C22H26ClNO3.Na/c1-14(2)15(3)27-21-10-9-17(23)12-16(21)13-24-11-5-7-18-19(22(25)26)6-4-8-20(18)24;/h4,6,8-10,12,14-15H,5,7,11,13H2,1-3H3,(H,25,26);/q;+1/p-1. The predicted molar refractivity (Wildman–Crippen MR) is 107 cm³/mol. The number of hydrogen-bond donors (Lipinski definition) is 0. The number of halogens is 1. The number of carboxylic acid groups (broad SMARTS) is 1. The van der Waals surface area contributed by atoms with Crippen LogP contribution in [0.5, 0.6) is 5.75 Å². The number of aromatic carboxylic acids is 1. The molecule has 0 fully saturated rings. The van der Waals surface area contributed by atoms with Crippen LogP contribution in [0.15, 0.2) is 36.4 Å². The van der Waals surface area contributed by atoms with E-state index >= 15 is 0 Å². The van der Waals surface area contributed by atoms with E-state index in [1.165, 1.54) is 0 Å². The smallest absolute Gasteiger partial charge is 0.545 e. The van der Waals surface area contributed by atoms with Gasteiger partial charge in [-0.2, -0.15) is 0 Å². The van der Waals surface area contributed by atoms with Gasteiger partial charge in [-0.15, -0.1) is 0 Å². The molecule has 0 saturated carbocycles. The van der Waals surface area contributed by atoms with Gasteiger partial charge in [0.05, 0.1) is 12.1 Å². The predicted octanol–water partition coefficient (Wildman–Crippen LogP) is 1.08. The summed E-state index contributed by atoms with van der Waals surface area (Å²) < 4.78 is 6.16. The van der Waals surface area contributed by atoms with Crippen molar-refractivity contribution >= 4 is 23.3 Å². The molecule has 144 valence electrons. The molecule has 0 spiro atoms. The second-order valence-corrected chi connectivity index (χ2v) is 7.87. The molecule has 1 aliphatic heterocycles. The Labute approximate surface area is 194 Å². The Bertz CT molecular complexity index is 841. The van der Waals surface area contributed by atoms with E-state index in [1.54, 1.807) is 12.1 Å². The summed E-state index contributed by atoms with van der Waals surface area (Å²) in [5.74, 6) is 0.102. The van der Waals surface area contributed by atoms with Gasteiger partial charge in [0, 0.05) is 34.9 Å². The summed E-state index contributed by atoms with van der Waals surface area (Å²) >= 11 is 6.24. The molecular formula is C22H25ClNNaO3. The topological polar surface area (TPSA) is 52.6 Å². The van der Waals surface area contributed by atoms with Crippen LogP contribution in [0.4, 0.5) is 5.69 Å². The SMILES string of the molecule is CC(C)C(C)Oc1ccc(Cl)cc1CN1CCCc2c(C(=O)[O-])cccc21.[Na+]. The number of carboxylic acids is 1. The van der Waals surface area contributed by atoms with Gasteiger partial charge >= 0.3 is 29.6 Å². The maximum atomic E-state index is 11.5. The summed E-state index contributed by atoms with van der Waals surface area (Å²) in [7, 11) is 0. The number of rotatable bonds is 6. The minimum Gasteiger partial charge on any atom is -0.545 e. The average molecular weight is 410 g/mol. The minimum atomic E-state index is -1.12. The van der Waals surface area contributed by atoms with Crippen LogP contribution >= 0.6 is 11.6 Å². The molecule has 0 aromatic heterocycles. The molecular weight excluding hydrogens is 385 g/mol. The Balaban J connectivity index is 0.00000280. The van der Waals surface area contributed by atoms with Crippen molar-refractivity contribution in [1.82, 2.24) is 0 Å². The van der Waals surface area contributed by atoms with Crippen molar-refractivity contribution in [2.75, 3.05) is 11.4 Å². The molecule has 0 N–H and O–H groups in total. The normalized spacial score (nSPS) is 14.2. The Morgan fingerprint density at radius 1 is 1.25 bits per heavy atom. The van der Waals surface area contributed by atoms with Crippen LogP contribution in [0.3, 0.4) is 0 Å². The zero-order chi connectivity index (χ0) is 19.6. The summed E-state index contributed by atoms with van der Waals surface area (Å²) in [4.78, 5) is 13.7. The Kier molecular flexibility index (Phi) is 8.26. The van der Waals surface area contributed by atoms with E-state index in [9.17, 15) is 9.90 Å². The summed E-state index contributed by atoms with van der Waals surface area (Å²) in [6.45, 7) is 7.79. The molecule has 2 aromatic carbocycles. The van der Waals surface area contributed by atoms with Crippen molar-refractivity contribution in [3.8, 4) is 5.75 Å². The Morgan fingerprint density at radius 2 is 2.00 bits per heavy atom. The van der Waals surface area contributed by atoms with Crippen LogP contribution in [0.25, 0.3) is 0 Å². The van der Waals surface area contributed by atoms with Crippen LogP contribution in [-0.2, 0) is 13.0 Å². The first-order valence-electron chi connectivity index (χ1n) is 9.40. The number of benzene rings is 2. The summed E-state index contributed by atoms with van der Waals surface area (Å²) in [5.41, 5.74) is 3.09. The maximum Gasteiger partial charge on any atom is 1.00 e. The van der Waals surface area contributed by atoms with Crippen molar-refractivity contribution in [2.45, 2.75) is 46.3 Å². The number of ether oxygens (including phenoxy) is 1. The number of carbonyl (C=O) groups is 1. The van der Waals surface area contributed by atoms with Gasteiger partial charge < -0.3 is 19.5 Å². The third-order valence-electron chi connectivity index (χ3n) is 5.20. The van der Waals surface area contributed by atoms with Gasteiger partial charge in [-0.3, -0.25) is 0 Å². The first-order valence-corrected chi connectivity index (χ1v) is 9.78. The third-order valence-corrected chi connectivity index (χ3v) is 5.44. The number of anilines is 1. The fourth-order valence-corrected chi connectivity index (χ4v) is 3.58. The molecule has 1 aliphatic rings. The van der Waals surface area contributed by atoms with E-state index < -0.39 is 5.97 Å². The monoisotopic (exact) mass is 409 g/mol. The van der Waals surface area contributed by atoms with Crippen molar-refractivity contribution in [1.29, 1.82) is 0 Å². The Morgan fingerprint density at radius 3 is 2.68 bits per heavy atom. The number of carbonyl (C=O) groups excluding carboxylic acids is 1. The number of hydrogen-bond acceptors (Lipinski definition) is 4. The van der Waals surface area contributed by atoms with Crippen molar-refractivity contribution in [3.63, 3.8) is 0 Å². The second kappa shape index (κ2) is 10.0. The second-order valence-electron chi connectivity index (χ2n) is 7.43. The van der Waals surface area contributed by atoms with Gasteiger partial charge in [0.25, 0.3) is 0 Å². The van der Waals surface area contributed by atoms with Crippen molar-refractivity contribution in [3.05, 3.63) is 58.1 Å². The Hall–Kier alpha value is -1.20. The van der Waals surface area contributed by atoms with Gasteiger partial charge in [0.15, 0.2) is 0 Å². The molecule has 28 heavy (non-hydrogen) atoms. The van der Waals surface area contributed by atoms with Crippen molar-refractivity contribution in [2.24, 2.45) is 5.92 Å². The third kappa shape index (κ3) is 5.24. The summed E-state index contributed by atoms with van der Waals surface area (Å²) in [6, 6.07) is 11.1. The fourth-order valence-electron chi connectivity index (χ4n) is 3.38. The van der Waals surface area contributed by atoms with Crippen LogP contribution < -0.4 is 44.3 Å². The molecule has 1 unspecified atom stereocenters. The van der Waals surface area contributed by atoms with Crippen LogP contribution in [0, 0.1) is 5.92 Å².